The first kappa shape index (κ1) is 19.1. The van der Waals surface area contributed by atoms with Crippen molar-refractivity contribution < 1.29 is 27.2 Å². The number of amides is 1. The van der Waals surface area contributed by atoms with Crippen LogP contribution in [0.1, 0.15) is 10.6 Å². The molecule has 0 unspecified atom stereocenters. The number of ether oxygens (including phenoxy) is 1. The van der Waals surface area contributed by atoms with Crippen molar-refractivity contribution in [2.24, 2.45) is 0 Å². The number of likely N-dealkylation sites (N-methyl/N-ethyl adjacent to an activating group) is 1. The number of aromatic nitrogens is 2. The van der Waals surface area contributed by atoms with Crippen LogP contribution in [0.4, 0.5) is 18.3 Å². The fourth-order valence-electron chi connectivity index (χ4n) is 2.25. The van der Waals surface area contributed by atoms with Crippen LogP contribution in [-0.4, -0.2) is 54.5 Å². The number of fused-ring (bicyclic) bond motifs is 1. The maximum absolute atomic E-state index is 12.7. The number of nitrogens with zero attached hydrogens (tertiary/aromatic N) is 4. The van der Waals surface area contributed by atoms with E-state index in [1.54, 1.807) is 0 Å². The maximum Gasteiger partial charge on any atom is 0.573 e. The molecule has 27 heavy (non-hydrogen) atoms. The fourth-order valence-corrected chi connectivity index (χ4v) is 3.27. The van der Waals surface area contributed by atoms with Gasteiger partial charge in [0.2, 0.25) is 5.76 Å². The molecule has 2 heterocycles. The molecule has 1 aromatic carbocycles. The Bertz CT molecular complexity index is 925. The Morgan fingerprint density at radius 2 is 2.04 bits per heavy atom. The molecule has 3 aromatic rings. The second-order valence-corrected chi connectivity index (χ2v) is 6.82. The van der Waals surface area contributed by atoms with Gasteiger partial charge in [0.1, 0.15) is 5.75 Å². The number of carbonyl (C=O) groups excluding carboxylic acids is 1. The van der Waals surface area contributed by atoms with Crippen molar-refractivity contribution >= 4 is 32.6 Å². The number of alkyl halides is 3. The van der Waals surface area contributed by atoms with Gasteiger partial charge in [0.25, 0.3) is 5.91 Å². The summed E-state index contributed by atoms with van der Waals surface area (Å²) in [5.41, 5.74) is 0.463. The van der Waals surface area contributed by atoms with Gasteiger partial charge in [-0.3, -0.25) is 9.69 Å². The van der Waals surface area contributed by atoms with Gasteiger partial charge in [-0.15, -0.1) is 13.2 Å². The lowest BCUT2D eigenvalue weighted by molar-refractivity contribution is -0.274. The summed E-state index contributed by atoms with van der Waals surface area (Å²) in [5.74, 6) is -0.721. The highest BCUT2D eigenvalue weighted by molar-refractivity contribution is 7.22. The van der Waals surface area contributed by atoms with Crippen molar-refractivity contribution in [1.82, 2.24) is 15.0 Å². The molecule has 3 rings (SSSR count). The monoisotopic (exact) mass is 400 g/mol. The molecule has 0 aliphatic rings. The molecule has 0 spiro atoms. The number of rotatable bonds is 6. The quantitative estimate of drug-likeness (QED) is 0.632. The summed E-state index contributed by atoms with van der Waals surface area (Å²) in [7, 11) is 3.71. The van der Waals surface area contributed by atoms with E-state index >= 15 is 0 Å². The third-order valence-electron chi connectivity index (χ3n) is 3.48. The molecule has 0 atom stereocenters. The lowest BCUT2D eigenvalue weighted by Crippen LogP contribution is -2.36. The molecular weight excluding hydrogens is 385 g/mol. The van der Waals surface area contributed by atoms with E-state index in [-0.39, 0.29) is 11.5 Å². The number of anilines is 1. The SMILES string of the molecule is CN(C)CCN(C(=O)c1ccno1)c1nc2ccc(OC(F)(F)F)cc2s1. The summed E-state index contributed by atoms with van der Waals surface area (Å²) in [6, 6.07) is 5.28. The molecule has 0 saturated carbocycles. The van der Waals surface area contributed by atoms with E-state index in [2.05, 4.69) is 14.9 Å². The Kier molecular flexibility index (Phi) is 5.33. The Morgan fingerprint density at radius 1 is 1.26 bits per heavy atom. The normalized spacial score (nSPS) is 11.9. The third-order valence-corrected chi connectivity index (χ3v) is 4.52. The molecule has 1 amide bonds. The second kappa shape index (κ2) is 7.53. The van der Waals surface area contributed by atoms with Gasteiger partial charge in [-0.05, 0) is 26.2 Å². The van der Waals surface area contributed by atoms with Crippen molar-refractivity contribution in [2.45, 2.75) is 6.36 Å². The summed E-state index contributed by atoms with van der Waals surface area (Å²) in [6.45, 7) is 0.872. The van der Waals surface area contributed by atoms with E-state index in [1.807, 2.05) is 19.0 Å². The minimum absolute atomic E-state index is 0.0501. The summed E-state index contributed by atoms with van der Waals surface area (Å²) in [5, 5.41) is 3.87. The van der Waals surface area contributed by atoms with Gasteiger partial charge in [-0.1, -0.05) is 16.5 Å². The van der Waals surface area contributed by atoms with Crippen LogP contribution in [0, 0.1) is 0 Å². The topological polar surface area (TPSA) is 71.7 Å². The van der Waals surface area contributed by atoms with Crippen molar-refractivity contribution in [3.63, 3.8) is 0 Å². The molecular formula is C16H15F3N4O3S. The Hall–Kier alpha value is -2.66. The van der Waals surface area contributed by atoms with Crippen LogP contribution in [0.2, 0.25) is 0 Å². The average molecular weight is 400 g/mol. The van der Waals surface area contributed by atoms with Gasteiger partial charge in [0.15, 0.2) is 5.13 Å². The summed E-state index contributed by atoms with van der Waals surface area (Å²) < 4.78 is 46.5. The summed E-state index contributed by atoms with van der Waals surface area (Å²) >= 11 is 1.09. The molecule has 144 valence electrons. The first-order valence-corrected chi connectivity index (χ1v) is 8.58. The largest absolute Gasteiger partial charge is 0.573 e. The first-order chi connectivity index (χ1) is 12.7. The smallest absolute Gasteiger partial charge is 0.406 e. The first-order valence-electron chi connectivity index (χ1n) is 7.76. The van der Waals surface area contributed by atoms with Crippen LogP contribution in [0.25, 0.3) is 10.2 Å². The molecule has 2 aromatic heterocycles. The molecule has 7 nitrogen and oxygen atoms in total. The van der Waals surface area contributed by atoms with Crippen molar-refractivity contribution in [3.05, 3.63) is 36.2 Å². The Balaban J connectivity index is 1.93. The van der Waals surface area contributed by atoms with Gasteiger partial charge < -0.3 is 14.2 Å². The van der Waals surface area contributed by atoms with E-state index in [9.17, 15) is 18.0 Å². The number of benzene rings is 1. The Labute approximate surface area is 155 Å². The number of halogens is 3. The number of hydrogen-bond donors (Lipinski definition) is 0. The van der Waals surface area contributed by atoms with Gasteiger partial charge in [-0.25, -0.2) is 4.98 Å². The molecule has 0 N–H and O–H groups in total. The predicted molar refractivity (Wildman–Crippen MR) is 93.0 cm³/mol. The highest BCUT2D eigenvalue weighted by Gasteiger charge is 2.31. The van der Waals surface area contributed by atoms with Crippen molar-refractivity contribution in [1.29, 1.82) is 0 Å². The van der Waals surface area contributed by atoms with Gasteiger partial charge in [0.05, 0.1) is 16.4 Å². The van der Waals surface area contributed by atoms with Crippen LogP contribution >= 0.6 is 11.3 Å². The number of carbonyl (C=O) groups is 1. The second-order valence-electron chi connectivity index (χ2n) is 5.81. The third kappa shape index (κ3) is 4.74. The minimum atomic E-state index is -4.78. The van der Waals surface area contributed by atoms with Crippen LogP contribution in [0.3, 0.4) is 0 Å². The van der Waals surface area contributed by atoms with E-state index in [1.165, 1.54) is 35.4 Å². The lowest BCUT2D eigenvalue weighted by atomic mass is 10.3. The van der Waals surface area contributed by atoms with E-state index in [0.29, 0.717) is 28.4 Å². The predicted octanol–water partition coefficient (Wildman–Crippen LogP) is 3.39. The molecule has 0 aliphatic heterocycles. The minimum Gasteiger partial charge on any atom is -0.406 e. The maximum atomic E-state index is 12.7. The number of hydrogen-bond acceptors (Lipinski definition) is 7. The van der Waals surface area contributed by atoms with Crippen molar-refractivity contribution in [2.75, 3.05) is 32.1 Å². The molecule has 0 fully saturated rings. The van der Waals surface area contributed by atoms with Crippen LogP contribution in [-0.2, 0) is 0 Å². The van der Waals surface area contributed by atoms with E-state index < -0.39 is 12.3 Å². The number of thiazole rings is 1. The highest BCUT2D eigenvalue weighted by Crippen LogP contribution is 2.33. The lowest BCUT2D eigenvalue weighted by Gasteiger charge is -2.20. The molecule has 0 saturated heterocycles. The van der Waals surface area contributed by atoms with Crippen LogP contribution in [0.15, 0.2) is 35.0 Å². The standard InChI is InChI=1S/C16H15F3N4O3S/c1-22(2)7-8-23(14(24)12-5-6-20-26-12)15-21-11-4-3-10(9-13(11)27-15)25-16(17,18)19/h3-6,9H,7-8H2,1-2H3. The van der Waals surface area contributed by atoms with Gasteiger partial charge >= 0.3 is 6.36 Å². The highest BCUT2D eigenvalue weighted by atomic mass is 32.1. The summed E-state index contributed by atoms with van der Waals surface area (Å²) in [4.78, 5) is 20.4. The van der Waals surface area contributed by atoms with E-state index in [0.717, 1.165) is 11.3 Å². The van der Waals surface area contributed by atoms with E-state index in [4.69, 9.17) is 4.52 Å². The Morgan fingerprint density at radius 3 is 2.67 bits per heavy atom. The fraction of sp³-hybridized carbons (Fsp3) is 0.312. The molecule has 0 radical (unpaired) electrons. The van der Waals surface area contributed by atoms with Crippen LogP contribution in [0.5, 0.6) is 5.75 Å². The molecule has 11 heteroatoms. The molecule has 0 aliphatic carbocycles. The zero-order chi connectivity index (χ0) is 19.6. The average Bonchev–Trinajstić information content (AvgIpc) is 3.22. The van der Waals surface area contributed by atoms with Crippen LogP contribution < -0.4 is 9.64 Å². The zero-order valence-electron chi connectivity index (χ0n) is 14.4. The molecule has 0 bridgehead atoms. The van der Waals surface area contributed by atoms with Crippen molar-refractivity contribution in [3.8, 4) is 5.75 Å². The van der Waals surface area contributed by atoms with Gasteiger partial charge in [0, 0.05) is 25.2 Å². The van der Waals surface area contributed by atoms with Gasteiger partial charge in [-0.2, -0.15) is 0 Å². The summed E-state index contributed by atoms with van der Waals surface area (Å²) in [6.07, 6.45) is -3.42. The zero-order valence-corrected chi connectivity index (χ0v) is 15.2.